The molecule has 1 saturated heterocycles. The average molecular weight is 838 g/mol. The molecule has 16 heteroatoms. The summed E-state index contributed by atoms with van der Waals surface area (Å²) in [5.74, 6) is -1.57. The van der Waals surface area contributed by atoms with Crippen molar-refractivity contribution in [2.24, 2.45) is 4.99 Å². The maximum Gasteiger partial charge on any atom is 0.356 e. The molecule has 1 fully saturated rings. The number of aromatic nitrogens is 4. The number of carbonyl (C=O) groups is 3. The predicted octanol–water partition coefficient (Wildman–Crippen LogP) is 7.28. The van der Waals surface area contributed by atoms with Gasteiger partial charge in [-0.1, -0.05) is 133 Å². The minimum absolute atomic E-state index is 0.00105. The minimum Gasteiger partial charge on any atom is -0.452 e. The molecule has 0 bridgehead atoms. The molecule has 3 heterocycles. The fraction of sp³-hybridized carbons (Fsp3) is 0.159. The predicted molar refractivity (Wildman–Crippen MR) is 225 cm³/mol. The van der Waals surface area contributed by atoms with E-state index in [1.807, 2.05) is 121 Å². The lowest BCUT2D eigenvalue weighted by Gasteiger charge is -2.49. The lowest BCUT2D eigenvalue weighted by Crippen LogP contribution is -2.64. The molecule has 2 aliphatic rings. The van der Waals surface area contributed by atoms with Crippen molar-refractivity contribution in [2.75, 3.05) is 5.75 Å². The molecule has 0 spiro atoms. The second kappa shape index (κ2) is 18.3. The SMILES string of the molecule is O=C(CC(Sc1nn[nH]n1)C1=C(C(=O)OC(c2ccccc2)c2ccccc2)N2C(=O)C(N=Cc3ccc([N+](=O)[O-])cc3)[C@@H]2SC1)OC(c1ccccc1)c1ccccc1. The molecule has 1 amide bonds. The number of thioether (sulfide) groups is 2. The van der Waals surface area contributed by atoms with Crippen LogP contribution in [0.15, 0.2) is 167 Å². The number of fused-ring (bicyclic) bond motifs is 1. The Balaban J connectivity index is 1.16. The van der Waals surface area contributed by atoms with Crippen molar-refractivity contribution in [2.45, 2.75) is 40.5 Å². The molecule has 6 aromatic rings. The van der Waals surface area contributed by atoms with Crippen LogP contribution < -0.4 is 0 Å². The standard InChI is InChI=1S/C44H35N7O7S2/c52-36(57-39(29-13-5-1-6-14-29)30-15-7-2-8-16-30)25-35(60-44-46-48-49-47-44)34-27-59-42-37(45-26-28-21-23-33(24-22-28)51(55)56)41(53)50(42)38(34)43(54)58-40(31-17-9-3-10-18-31)32-19-11-4-12-20-32/h1-24,26,35,37,39-40,42H,25,27H2,(H,46,47,48,49)/t35?,37?,42-/m0/s1. The number of benzene rings is 5. The van der Waals surface area contributed by atoms with Crippen molar-refractivity contribution >= 4 is 53.3 Å². The summed E-state index contributed by atoms with van der Waals surface area (Å²) in [6.07, 6.45) is -0.289. The largest absolute Gasteiger partial charge is 0.452 e. The number of non-ortho nitro benzene ring substituents is 1. The fourth-order valence-electron chi connectivity index (χ4n) is 6.94. The van der Waals surface area contributed by atoms with E-state index < -0.39 is 51.6 Å². The Morgan fingerprint density at radius 3 is 1.87 bits per heavy atom. The topological polar surface area (TPSA) is 183 Å². The van der Waals surface area contributed by atoms with Gasteiger partial charge in [0.2, 0.25) is 5.16 Å². The Bertz CT molecular complexity index is 2430. The van der Waals surface area contributed by atoms with E-state index in [2.05, 4.69) is 25.6 Å². The third kappa shape index (κ3) is 8.89. The molecular weight excluding hydrogens is 803 g/mol. The lowest BCUT2D eigenvalue weighted by molar-refractivity contribution is -0.384. The Kier molecular flexibility index (Phi) is 12.2. The molecule has 14 nitrogen and oxygen atoms in total. The fourth-order valence-corrected chi connectivity index (χ4v) is 9.45. The summed E-state index contributed by atoms with van der Waals surface area (Å²) in [5, 5.41) is 24.4. The number of hydrogen-bond acceptors (Lipinski definition) is 13. The Morgan fingerprint density at radius 2 is 1.37 bits per heavy atom. The van der Waals surface area contributed by atoms with Crippen molar-refractivity contribution < 1.29 is 28.8 Å². The van der Waals surface area contributed by atoms with Crippen LogP contribution in [0.5, 0.6) is 0 Å². The molecule has 1 aromatic heterocycles. The smallest absolute Gasteiger partial charge is 0.356 e. The van der Waals surface area contributed by atoms with Crippen LogP contribution in [0.2, 0.25) is 0 Å². The molecule has 2 aliphatic heterocycles. The first kappa shape index (κ1) is 39.9. The normalized spacial score (nSPS) is 16.7. The first-order valence-electron chi connectivity index (χ1n) is 18.8. The molecule has 8 rings (SSSR count). The molecule has 0 aliphatic carbocycles. The van der Waals surface area contributed by atoms with Gasteiger partial charge in [0.1, 0.15) is 11.1 Å². The van der Waals surface area contributed by atoms with Gasteiger partial charge in [-0.05, 0) is 50.7 Å². The van der Waals surface area contributed by atoms with Gasteiger partial charge in [0.05, 0.1) is 11.3 Å². The number of aliphatic imine (C=N–C) groups is 1. The summed E-state index contributed by atoms with van der Waals surface area (Å²) in [5.41, 5.74) is 3.94. The molecule has 0 radical (unpaired) electrons. The van der Waals surface area contributed by atoms with Gasteiger partial charge in [0, 0.05) is 29.4 Å². The van der Waals surface area contributed by atoms with Gasteiger partial charge in [-0.2, -0.15) is 5.21 Å². The van der Waals surface area contributed by atoms with E-state index in [0.29, 0.717) is 11.1 Å². The summed E-state index contributed by atoms with van der Waals surface area (Å²) < 4.78 is 12.6. The monoisotopic (exact) mass is 837 g/mol. The van der Waals surface area contributed by atoms with Crippen molar-refractivity contribution in [3.63, 3.8) is 0 Å². The zero-order valence-corrected chi connectivity index (χ0v) is 33.2. The van der Waals surface area contributed by atoms with E-state index in [9.17, 15) is 24.5 Å². The summed E-state index contributed by atoms with van der Waals surface area (Å²) in [6, 6.07) is 42.3. The number of tetrazole rings is 1. The summed E-state index contributed by atoms with van der Waals surface area (Å²) in [6.45, 7) is 0. The van der Waals surface area contributed by atoms with Crippen molar-refractivity contribution in [3.05, 3.63) is 195 Å². The van der Waals surface area contributed by atoms with Crippen LogP contribution in [0, 0.1) is 10.1 Å². The van der Waals surface area contributed by atoms with Crippen LogP contribution >= 0.6 is 23.5 Å². The number of nitrogens with one attached hydrogen (secondary N) is 1. The number of hydrogen-bond donors (Lipinski definition) is 1. The third-order valence-electron chi connectivity index (χ3n) is 9.85. The molecule has 300 valence electrons. The number of amides is 1. The molecular formula is C44H35N7O7S2. The Labute approximate surface area is 352 Å². The number of esters is 2. The van der Waals surface area contributed by atoms with E-state index in [4.69, 9.17) is 9.47 Å². The third-order valence-corrected chi connectivity index (χ3v) is 12.3. The second-order valence-electron chi connectivity index (χ2n) is 13.7. The number of aromatic amines is 1. The second-order valence-corrected chi connectivity index (χ2v) is 15.9. The highest BCUT2D eigenvalue weighted by Crippen LogP contribution is 2.46. The molecule has 60 heavy (non-hydrogen) atoms. The highest BCUT2D eigenvalue weighted by molar-refractivity contribution is 8.01. The summed E-state index contributed by atoms with van der Waals surface area (Å²) >= 11 is 2.50. The van der Waals surface area contributed by atoms with Gasteiger partial charge in [-0.25, -0.2) is 4.79 Å². The van der Waals surface area contributed by atoms with Crippen molar-refractivity contribution in [3.8, 4) is 0 Å². The van der Waals surface area contributed by atoms with Crippen molar-refractivity contribution in [1.29, 1.82) is 0 Å². The van der Waals surface area contributed by atoms with Crippen LogP contribution in [-0.4, -0.2) is 76.9 Å². The number of H-pyrrole nitrogens is 1. The van der Waals surface area contributed by atoms with Gasteiger partial charge in [0.25, 0.3) is 11.6 Å². The van der Waals surface area contributed by atoms with Crippen molar-refractivity contribution in [1.82, 2.24) is 25.5 Å². The maximum absolute atomic E-state index is 14.9. The number of β-lactam (4-membered cyclic amide) rings is 1. The van der Waals surface area contributed by atoms with E-state index in [1.165, 1.54) is 35.0 Å². The number of carbonyl (C=O) groups excluding carboxylic acids is 3. The maximum atomic E-state index is 14.9. The van der Waals surface area contributed by atoms with E-state index in [-0.39, 0.29) is 28.7 Å². The zero-order valence-electron chi connectivity index (χ0n) is 31.6. The van der Waals surface area contributed by atoms with Crippen LogP contribution in [0.3, 0.4) is 0 Å². The quantitative estimate of drug-likeness (QED) is 0.0273. The number of nitrogens with zero attached hydrogens (tertiary/aromatic N) is 6. The molecule has 0 saturated carbocycles. The highest BCUT2D eigenvalue weighted by Gasteiger charge is 2.55. The molecule has 1 N–H and O–H groups in total. The van der Waals surface area contributed by atoms with Crippen LogP contribution in [0.4, 0.5) is 5.69 Å². The van der Waals surface area contributed by atoms with Crippen LogP contribution in [0.1, 0.15) is 46.4 Å². The molecule has 3 atom stereocenters. The summed E-state index contributed by atoms with van der Waals surface area (Å²) in [7, 11) is 0. The zero-order chi connectivity index (χ0) is 41.4. The average Bonchev–Trinajstić information content (AvgIpc) is 3.81. The number of nitro groups is 1. The van der Waals surface area contributed by atoms with Crippen LogP contribution in [-0.2, 0) is 23.9 Å². The Hall–Kier alpha value is -6.91. The number of ether oxygens (including phenoxy) is 2. The van der Waals surface area contributed by atoms with Gasteiger partial charge in [0.15, 0.2) is 18.2 Å². The number of rotatable bonds is 15. The first-order valence-corrected chi connectivity index (χ1v) is 20.7. The Morgan fingerprint density at radius 1 is 0.833 bits per heavy atom. The molecule has 5 aromatic carbocycles. The number of nitro benzene ring substituents is 1. The minimum atomic E-state index is -0.862. The van der Waals surface area contributed by atoms with E-state index >= 15 is 0 Å². The van der Waals surface area contributed by atoms with Gasteiger partial charge in [-0.15, -0.1) is 22.0 Å². The van der Waals surface area contributed by atoms with Crippen LogP contribution in [0.25, 0.3) is 0 Å². The molecule has 2 unspecified atom stereocenters. The van der Waals surface area contributed by atoms with E-state index in [0.717, 1.165) is 34.0 Å². The first-order chi connectivity index (χ1) is 29.3. The van der Waals surface area contributed by atoms with Gasteiger partial charge >= 0.3 is 11.9 Å². The van der Waals surface area contributed by atoms with Gasteiger partial charge in [-0.3, -0.25) is 29.6 Å². The van der Waals surface area contributed by atoms with E-state index in [1.54, 1.807) is 12.1 Å². The lowest BCUT2D eigenvalue weighted by atomic mass is 9.99. The van der Waals surface area contributed by atoms with Gasteiger partial charge < -0.3 is 9.47 Å². The highest BCUT2D eigenvalue weighted by atomic mass is 32.2. The summed E-state index contributed by atoms with van der Waals surface area (Å²) in [4.78, 5) is 59.9.